The molecular formula is C13H12ClF2NO2. The van der Waals surface area contributed by atoms with E-state index in [1.165, 1.54) is 13.2 Å². The fourth-order valence-electron chi connectivity index (χ4n) is 2.66. The second-order valence-corrected chi connectivity index (χ2v) is 4.91. The minimum absolute atomic E-state index is 0.0291. The molecule has 0 aliphatic heterocycles. The van der Waals surface area contributed by atoms with Gasteiger partial charge in [-0.1, -0.05) is 24.4 Å². The van der Waals surface area contributed by atoms with Gasteiger partial charge in [-0.05, 0) is 18.9 Å². The van der Waals surface area contributed by atoms with E-state index in [0.29, 0.717) is 12.8 Å². The van der Waals surface area contributed by atoms with Crippen LogP contribution in [0.15, 0.2) is 11.1 Å². The molecule has 0 aromatic heterocycles. The smallest absolute Gasteiger partial charge is 0.235 e. The molecule has 2 rings (SSSR count). The number of halogens is 3. The number of hydrogen-bond acceptors (Lipinski definition) is 3. The van der Waals surface area contributed by atoms with Crippen LogP contribution in [0.2, 0.25) is 5.02 Å². The molecule has 0 radical (unpaired) electrons. The molecule has 0 atom stereocenters. The van der Waals surface area contributed by atoms with Gasteiger partial charge >= 0.3 is 0 Å². The average molecular weight is 288 g/mol. The molecule has 1 aliphatic rings. The summed E-state index contributed by atoms with van der Waals surface area (Å²) >= 11 is 5.88. The summed E-state index contributed by atoms with van der Waals surface area (Å²) in [5, 5.41) is -0.0382. The lowest BCUT2D eigenvalue weighted by Gasteiger charge is -2.26. The molecule has 0 saturated heterocycles. The van der Waals surface area contributed by atoms with Gasteiger partial charge in [-0.3, -0.25) is 0 Å². The van der Waals surface area contributed by atoms with Crippen molar-refractivity contribution in [3.8, 4) is 5.75 Å². The predicted octanol–water partition coefficient (Wildman–Crippen LogP) is 3.73. The number of ether oxygens (including phenoxy) is 1. The summed E-state index contributed by atoms with van der Waals surface area (Å²) in [4.78, 5) is 14.4. The normalized spacial score (nSPS) is 17.1. The highest BCUT2D eigenvalue weighted by atomic mass is 35.5. The molecule has 0 N–H and O–H groups in total. The predicted molar refractivity (Wildman–Crippen MR) is 66.2 cm³/mol. The molecule has 0 spiro atoms. The van der Waals surface area contributed by atoms with E-state index in [-0.39, 0.29) is 16.3 Å². The van der Waals surface area contributed by atoms with Gasteiger partial charge < -0.3 is 4.74 Å². The first kappa shape index (κ1) is 14.0. The second-order valence-electron chi connectivity index (χ2n) is 4.50. The van der Waals surface area contributed by atoms with Gasteiger partial charge in [0.15, 0.2) is 11.6 Å². The zero-order valence-electron chi connectivity index (χ0n) is 10.3. The Morgan fingerprint density at radius 1 is 1.42 bits per heavy atom. The van der Waals surface area contributed by atoms with Crippen molar-refractivity contribution in [1.29, 1.82) is 0 Å². The van der Waals surface area contributed by atoms with Gasteiger partial charge in [-0.15, -0.1) is 0 Å². The van der Waals surface area contributed by atoms with Gasteiger partial charge in [0.25, 0.3) is 0 Å². The van der Waals surface area contributed by atoms with Gasteiger partial charge in [0, 0.05) is 0 Å². The second kappa shape index (κ2) is 5.27. The summed E-state index contributed by atoms with van der Waals surface area (Å²) in [7, 11) is 1.31. The molecule has 0 bridgehead atoms. The number of hydrogen-bond donors (Lipinski definition) is 0. The third kappa shape index (κ3) is 2.24. The average Bonchev–Trinajstić information content (AvgIpc) is 2.83. The molecule has 6 heteroatoms. The molecule has 102 valence electrons. The van der Waals surface area contributed by atoms with Crippen molar-refractivity contribution in [2.24, 2.45) is 4.99 Å². The number of benzene rings is 1. The Labute approximate surface area is 114 Å². The van der Waals surface area contributed by atoms with E-state index in [9.17, 15) is 13.6 Å². The molecule has 0 heterocycles. The van der Waals surface area contributed by atoms with Crippen LogP contribution in [-0.4, -0.2) is 13.2 Å². The van der Waals surface area contributed by atoms with Crippen molar-refractivity contribution in [3.05, 3.63) is 28.3 Å². The first-order valence-electron chi connectivity index (χ1n) is 5.87. The first-order valence-corrected chi connectivity index (χ1v) is 6.24. The minimum atomic E-state index is -1.12. The lowest BCUT2D eigenvalue weighted by atomic mass is 9.87. The Morgan fingerprint density at radius 3 is 2.58 bits per heavy atom. The number of nitrogens with zero attached hydrogens (tertiary/aromatic N) is 1. The number of rotatable bonds is 3. The number of aliphatic imine (C=N–C) groups is 1. The quantitative estimate of drug-likeness (QED) is 0.483. The van der Waals surface area contributed by atoms with E-state index in [1.807, 2.05) is 0 Å². The molecule has 0 unspecified atom stereocenters. The minimum Gasteiger partial charge on any atom is -0.495 e. The molecule has 1 aromatic carbocycles. The maximum absolute atomic E-state index is 14.1. The third-order valence-electron chi connectivity index (χ3n) is 3.49. The summed E-state index contributed by atoms with van der Waals surface area (Å²) in [5.74, 6) is -2.11. The van der Waals surface area contributed by atoms with E-state index < -0.39 is 17.2 Å². The molecule has 0 amide bonds. The fourth-order valence-corrected chi connectivity index (χ4v) is 2.93. The van der Waals surface area contributed by atoms with Crippen molar-refractivity contribution in [2.45, 2.75) is 31.2 Å². The van der Waals surface area contributed by atoms with Crippen LogP contribution < -0.4 is 4.74 Å². The lowest BCUT2D eigenvalue weighted by molar-refractivity contribution is 0.356. The number of carbonyl (C=O) groups excluding carboxylic acids is 1. The Hall–Kier alpha value is -1.45. The largest absolute Gasteiger partial charge is 0.495 e. The Morgan fingerprint density at radius 2 is 2.05 bits per heavy atom. The van der Waals surface area contributed by atoms with Crippen LogP contribution in [0.5, 0.6) is 5.75 Å². The molecule has 1 aromatic rings. The zero-order valence-corrected chi connectivity index (χ0v) is 11.1. The number of methoxy groups -OCH3 is 1. The van der Waals surface area contributed by atoms with Gasteiger partial charge in [0.1, 0.15) is 11.3 Å². The molecular weight excluding hydrogens is 276 g/mol. The Bertz CT molecular complexity index is 550. The zero-order chi connectivity index (χ0) is 14.0. The van der Waals surface area contributed by atoms with Crippen molar-refractivity contribution < 1.29 is 18.3 Å². The Kier molecular flexibility index (Phi) is 3.88. The summed E-state index contributed by atoms with van der Waals surface area (Å²) < 4.78 is 32.8. The third-order valence-corrected chi connectivity index (χ3v) is 3.77. The summed E-state index contributed by atoms with van der Waals surface area (Å²) in [6.07, 6.45) is 3.86. The van der Waals surface area contributed by atoms with Crippen molar-refractivity contribution in [1.82, 2.24) is 0 Å². The van der Waals surface area contributed by atoms with Crippen LogP contribution in [0, 0.1) is 11.6 Å². The van der Waals surface area contributed by atoms with E-state index in [1.54, 1.807) is 0 Å². The SMILES string of the molecule is COc1c(Cl)cc(F)c(F)c1C1(N=C=O)CCCC1. The van der Waals surface area contributed by atoms with E-state index in [4.69, 9.17) is 16.3 Å². The topological polar surface area (TPSA) is 38.7 Å². The van der Waals surface area contributed by atoms with Crippen LogP contribution in [-0.2, 0) is 10.3 Å². The summed E-state index contributed by atoms with van der Waals surface area (Å²) in [6, 6.07) is 0.854. The fraction of sp³-hybridized carbons (Fsp3) is 0.462. The van der Waals surface area contributed by atoms with Gasteiger partial charge in [-0.25, -0.2) is 13.6 Å². The standard InChI is InChI=1S/C13H12ClF2NO2/c1-19-12-8(14)6-9(15)11(16)10(12)13(17-7-18)4-2-3-5-13/h6H,2-5H2,1H3. The highest BCUT2D eigenvalue weighted by molar-refractivity contribution is 6.32. The van der Waals surface area contributed by atoms with Crippen LogP contribution >= 0.6 is 11.6 Å². The van der Waals surface area contributed by atoms with Crippen LogP contribution in [0.1, 0.15) is 31.2 Å². The van der Waals surface area contributed by atoms with Crippen molar-refractivity contribution >= 4 is 17.7 Å². The molecule has 1 aliphatic carbocycles. The summed E-state index contributed by atoms with van der Waals surface area (Å²) in [5.41, 5.74) is -1.20. The highest BCUT2D eigenvalue weighted by Crippen LogP contribution is 2.49. The molecule has 1 fully saturated rings. The molecule has 1 saturated carbocycles. The number of isocyanates is 1. The monoisotopic (exact) mass is 287 g/mol. The maximum Gasteiger partial charge on any atom is 0.235 e. The Balaban J connectivity index is 2.75. The van der Waals surface area contributed by atoms with Crippen LogP contribution in [0.25, 0.3) is 0 Å². The van der Waals surface area contributed by atoms with E-state index in [2.05, 4.69) is 4.99 Å². The van der Waals surface area contributed by atoms with Crippen molar-refractivity contribution in [2.75, 3.05) is 7.11 Å². The first-order chi connectivity index (χ1) is 9.05. The van der Waals surface area contributed by atoms with E-state index in [0.717, 1.165) is 18.9 Å². The molecule has 19 heavy (non-hydrogen) atoms. The van der Waals surface area contributed by atoms with Gasteiger partial charge in [0.05, 0.1) is 17.7 Å². The lowest BCUT2D eigenvalue weighted by Crippen LogP contribution is -2.22. The highest BCUT2D eigenvalue weighted by Gasteiger charge is 2.42. The molecule has 3 nitrogen and oxygen atoms in total. The maximum atomic E-state index is 14.1. The van der Waals surface area contributed by atoms with Crippen LogP contribution in [0.3, 0.4) is 0 Å². The van der Waals surface area contributed by atoms with Gasteiger partial charge in [-0.2, -0.15) is 4.99 Å². The van der Waals surface area contributed by atoms with Crippen molar-refractivity contribution in [3.63, 3.8) is 0 Å². The summed E-state index contributed by atoms with van der Waals surface area (Å²) in [6.45, 7) is 0. The van der Waals surface area contributed by atoms with Gasteiger partial charge in [0.2, 0.25) is 6.08 Å². The van der Waals surface area contributed by atoms with Crippen LogP contribution in [0.4, 0.5) is 8.78 Å². The van der Waals surface area contributed by atoms with E-state index >= 15 is 0 Å².